The molecule has 1 N–H and O–H groups in total. The molecule has 5 nitrogen and oxygen atoms in total. The Kier molecular flexibility index (Phi) is 7.24. The van der Waals surface area contributed by atoms with Gasteiger partial charge in [-0.15, -0.1) is 17.9 Å². The molecule has 2 heterocycles. The molecule has 0 fully saturated rings. The minimum Gasteiger partial charge on any atom is -0.324 e. The molecule has 0 saturated carbocycles. The Morgan fingerprint density at radius 2 is 2.00 bits per heavy atom. The Balaban J connectivity index is 1.63. The largest absolute Gasteiger partial charge is 0.324 e. The van der Waals surface area contributed by atoms with Crippen molar-refractivity contribution in [2.45, 2.75) is 18.6 Å². The SMILES string of the molecule is C=CCn1c(SCC(=O)Nc2ccc(Cl)cc2Cl)nc2scc(-c3ccc(C)cc3)c2c1=O. The molecule has 33 heavy (non-hydrogen) atoms. The number of nitrogens with zero attached hydrogens (tertiary/aromatic N) is 2. The van der Waals surface area contributed by atoms with Crippen molar-refractivity contribution in [3.63, 3.8) is 0 Å². The van der Waals surface area contributed by atoms with E-state index in [9.17, 15) is 9.59 Å². The molecule has 1 amide bonds. The van der Waals surface area contributed by atoms with Crippen molar-refractivity contribution in [3.8, 4) is 11.1 Å². The van der Waals surface area contributed by atoms with Crippen LogP contribution in [0.3, 0.4) is 0 Å². The van der Waals surface area contributed by atoms with Crippen LogP contribution in [0, 0.1) is 6.92 Å². The van der Waals surface area contributed by atoms with Gasteiger partial charge in [0.15, 0.2) is 5.16 Å². The van der Waals surface area contributed by atoms with Gasteiger partial charge in [0.1, 0.15) is 4.83 Å². The minimum atomic E-state index is -0.268. The summed E-state index contributed by atoms with van der Waals surface area (Å²) in [5.41, 5.74) is 3.30. The number of aryl methyl sites for hydroxylation is 1. The summed E-state index contributed by atoms with van der Waals surface area (Å²) >= 11 is 14.6. The van der Waals surface area contributed by atoms with Crippen LogP contribution in [0.2, 0.25) is 10.0 Å². The molecule has 4 rings (SSSR count). The number of hydrogen-bond acceptors (Lipinski definition) is 5. The predicted octanol–water partition coefficient (Wildman–Crippen LogP) is 6.66. The summed E-state index contributed by atoms with van der Waals surface area (Å²) in [7, 11) is 0. The Bertz CT molecular complexity index is 1410. The molecular weight excluding hydrogens is 497 g/mol. The molecule has 0 aliphatic heterocycles. The number of amides is 1. The zero-order valence-electron chi connectivity index (χ0n) is 17.6. The van der Waals surface area contributed by atoms with Crippen LogP contribution < -0.4 is 10.9 Å². The van der Waals surface area contributed by atoms with Gasteiger partial charge in [-0.2, -0.15) is 0 Å². The molecule has 0 aliphatic carbocycles. The van der Waals surface area contributed by atoms with Crippen LogP contribution in [0.15, 0.2) is 70.5 Å². The molecular formula is C24H19Cl2N3O2S2. The summed E-state index contributed by atoms with van der Waals surface area (Å²) in [6.45, 7) is 6.08. The number of thioether (sulfide) groups is 1. The number of aromatic nitrogens is 2. The van der Waals surface area contributed by atoms with Crippen molar-refractivity contribution in [3.05, 3.63) is 86.5 Å². The van der Waals surface area contributed by atoms with Gasteiger partial charge < -0.3 is 5.32 Å². The molecule has 0 atom stereocenters. The van der Waals surface area contributed by atoms with Gasteiger partial charge in [-0.25, -0.2) is 4.98 Å². The smallest absolute Gasteiger partial charge is 0.263 e. The van der Waals surface area contributed by atoms with Gasteiger partial charge in [0, 0.05) is 22.5 Å². The molecule has 2 aromatic carbocycles. The first-order chi connectivity index (χ1) is 15.9. The zero-order chi connectivity index (χ0) is 23.5. The van der Waals surface area contributed by atoms with Crippen molar-refractivity contribution >= 4 is 68.1 Å². The van der Waals surface area contributed by atoms with E-state index in [1.165, 1.54) is 23.1 Å². The second kappa shape index (κ2) is 10.1. The number of thiophene rings is 1. The third-order valence-corrected chi connectivity index (χ3v) is 7.27. The normalized spacial score (nSPS) is 11.0. The van der Waals surface area contributed by atoms with Gasteiger partial charge >= 0.3 is 0 Å². The number of halogens is 2. The zero-order valence-corrected chi connectivity index (χ0v) is 20.7. The standard InChI is InChI=1S/C24H19Cl2N3O2S2/c1-3-10-29-23(31)21-17(15-6-4-14(2)5-7-15)12-32-22(21)28-24(29)33-13-20(30)27-19-9-8-16(25)11-18(19)26/h3-9,11-12H,1,10,13H2,2H3,(H,27,30). The van der Waals surface area contributed by atoms with Crippen molar-refractivity contribution in [1.29, 1.82) is 0 Å². The highest BCUT2D eigenvalue weighted by Gasteiger charge is 2.18. The fraction of sp³-hybridized carbons (Fsp3) is 0.125. The quantitative estimate of drug-likeness (QED) is 0.170. The summed E-state index contributed by atoms with van der Waals surface area (Å²) in [5.74, 6) is -0.209. The van der Waals surface area contributed by atoms with E-state index >= 15 is 0 Å². The molecule has 2 aromatic heterocycles. The number of fused-ring (bicyclic) bond motifs is 1. The van der Waals surface area contributed by atoms with E-state index in [1.54, 1.807) is 28.8 Å². The van der Waals surface area contributed by atoms with E-state index in [4.69, 9.17) is 28.2 Å². The Morgan fingerprint density at radius 1 is 1.24 bits per heavy atom. The molecule has 0 saturated heterocycles. The molecule has 4 aromatic rings. The van der Waals surface area contributed by atoms with Gasteiger partial charge in [0.05, 0.1) is 21.8 Å². The molecule has 0 unspecified atom stereocenters. The lowest BCUT2D eigenvalue weighted by Gasteiger charge is -2.11. The maximum atomic E-state index is 13.4. The van der Waals surface area contributed by atoms with Crippen molar-refractivity contribution in [2.24, 2.45) is 0 Å². The van der Waals surface area contributed by atoms with E-state index < -0.39 is 0 Å². The van der Waals surface area contributed by atoms with Gasteiger partial charge in [-0.05, 0) is 30.7 Å². The van der Waals surface area contributed by atoms with Crippen molar-refractivity contribution < 1.29 is 4.79 Å². The van der Waals surface area contributed by atoms with Gasteiger partial charge in [-0.1, -0.05) is 70.9 Å². The average molecular weight is 516 g/mol. The fourth-order valence-electron chi connectivity index (χ4n) is 3.26. The van der Waals surface area contributed by atoms with Crippen LogP contribution >= 0.6 is 46.3 Å². The Labute approximate surface area is 209 Å². The lowest BCUT2D eigenvalue weighted by Crippen LogP contribution is -2.23. The highest BCUT2D eigenvalue weighted by Crippen LogP contribution is 2.32. The van der Waals surface area contributed by atoms with Crippen molar-refractivity contribution in [1.82, 2.24) is 9.55 Å². The molecule has 168 valence electrons. The van der Waals surface area contributed by atoms with E-state index in [2.05, 4.69) is 11.9 Å². The highest BCUT2D eigenvalue weighted by molar-refractivity contribution is 7.99. The third kappa shape index (κ3) is 5.17. The number of anilines is 1. The molecule has 0 radical (unpaired) electrons. The van der Waals surface area contributed by atoms with Gasteiger partial charge in [-0.3, -0.25) is 14.2 Å². The van der Waals surface area contributed by atoms with Crippen LogP contribution in [0.25, 0.3) is 21.3 Å². The van der Waals surface area contributed by atoms with Crippen LogP contribution in [0.5, 0.6) is 0 Å². The number of rotatable bonds is 7. The summed E-state index contributed by atoms with van der Waals surface area (Å²) in [6, 6.07) is 12.9. The maximum absolute atomic E-state index is 13.4. The maximum Gasteiger partial charge on any atom is 0.263 e. The molecule has 0 bridgehead atoms. The summed E-state index contributed by atoms with van der Waals surface area (Å²) in [4.78, 5) is 31.3. The number of hydrogen-bond donors (Lipinski definition) is 1. The molecule has 0 aliphatic rings. The Morgan fingerprint density at radius 3 is 2.70 bits per heavy atom. The first-order valence-electron chi connectivity index (χ1n) is 9.95. The van der Waals surface area contributed by atoms with Crippen LogP contribution in [0.4, 0.5) is 5.69 Å². The van der Waals surface area contributed by atoms with Gasteiger partial charge in [0.25, 0.3) is 5.56 Å². The summed E-state index contributed by atoms with van der Waals surface area (Å²) in [5, 5.41) is 6.58. The third-order valence-electron chi connectivity index (χ3n) is 4.87. The topological polar surface area (TPSA) is 64.0 Å². The van der Waals surface area contributed by atoms with Gasteiger partial charge in [0.2, 0.25) is 5.91 Å². The number of carbonyl (C=O) groups excluding carboxylic acids is 1. The minimum absolute atomic E-state index is 0.0598. The monoisotopic (exact) mass is 515 g/mol. The molecule has 0 spiro atoms. The van der Waals surface area contributed by atoms with E-state index in [1.807, 2.05) is 36.6 Å². The average Bonchev–Trinajstić information content (AvgIpc) is 3.21. The second-order valence-electron chi connectivity index (χ2n) is 7.26. The molecule has 9 heteroatoms. The highest BCUT2D eigenvalue weighted by atomic mass is 35.5. The number of benzene rings is 2. The van der Waals surface area contributed by atoms with E-state index in [-0.39, 0.29) is 23.8 Å². The van der Waals surface area contributed by atoms with Crippen LogP contribution in [-0.4, -0.2) is 21.2 Å². The predicted molar refractivity (Wildman–Crippen MR) is 140 cm³/mol. The fourth-order valence-corrected chi connectivity index (χ4v) is 5.51. The first-order valence-corrected chi connectivity index (χ1v) is 12.6. The summed E-state index contributed by atoms with van der Waals surface area (Å²) < 4.78 is 1.55. The number of nitrogens with one attached hydrogen (secondary N) is 1. The summed E-state index contributed by atoms with van der Waals surface area (Å²) in [6.07, 6.45) is 1.64. The first kappa shape index (κ1) is 23.6. The lowest BCUT2D eigenvalue weighted by molar-refractivity contribution is -0.113. The lowest BCUT2D eigenvalue weighted by atomic mass is 10.1. The van der Waals surface area contributed by atoms with E-state index in [0.717, 1.165) is 16.7 Å². The van der Waals surface area contributed by atoms with Crippen molar-refractivity contribution in [2.75, 3.05) is 11.1 Å². The van der Waals surface area contributed by atoms with Crippen LogP contribution in [0.1, 0.15) is 5.56 Å². The van der Waals surface area contributed by atoms with E-state index in [0.29, 0.717) is 31.1 Å². The Hall–Kier alpha value is -2.58. The van der Waals surface area contributed by atoms with Crippen LogP contribution in [-0.2, 0) is 11.3 Å². The number of allylic oxidation sites excluding steroid dienone is 1. The number of carbonyl (C=O) groups is 1. The second-order valence-corrected chi connectivity index (χ2v) is 9.90.